The summed E-state index contributed by atoms with van der Waals surface area (Å²) >= 11 is 0. The topological polar surface area (TPSA) is 44.4 Å². The molecule has 1 atom stereocenters. The molecule has 2 fully saturated rings. The predicted octanol–water partition coefficient (Wildman–Crippen LogP) is -0.336. The van der Waals surface area contributed by atoms with Crippen molar-refractivity contribution < 1.29 is 4.79 Å². The summed E-state index contributed by atoms with van der Waals surface area (Å²) in [5.41, 5.74) is 0. The Labute approximate surface area is 91.4 Å². The fourth-order valence-corrected chi connectivity index (χ4v) is 2.30. The van der Waals surface area contributed by atoms with Gasteiger partial charge in [0.05, 0.1) is 5.92 Å². The van der Waals surface area contributed by atoms with E-state index >= 15 is 0 Å². The minimum atomic E-state index is 0.228. The molecule has 2 aliphatic rings. The van der Waals surface area contributed by atoms with Crippen LogP contribution in [-0.2, 0) is 4.79 Å². The second kappa shape index (κ2) is 4.94. The quantitative estimate of drug-likeness (QED) is 0.671. The average Bonchev–Trinajstić information content (AvgIpc) is 2.12. The van der Waals surface area contributed by atoms with Crippen LogP contribution >= 0.6 is 0 Å². The Morgan fingerprint density at radius 2 is 2.33 bits per heavy atom. The Hall–Kier alpha value is -0.610. The molecule has 1 unspecified atom stereocenters. The van der Waals surface area contributed by atoms with E-state index in [-0.39, 0.29) is 11.8 Å². The summed E-state index contributed by atoms with van der Waals surface area (Å²) in [4.78, 5) is 13.9. The van der Waals surface area contributed by atoms with Gasteiger partial charge in [0.2, 0.25) is 5.91 Å². The van der Waals surface area contributed by atoms with Crippen LogP contribution in [0.2, 0.25) is 0 Å². The van der Waals surface area contributed by atoms with Gasteiger partial charge in [-0.05, 0) is 32.4 Å². The van der Waals surface area contributed by atoms with E-state index in [1.165, 1.54) is 19.4 Å². The third-order valence-electron chi connectivity index (χ3n) is 3.44. The van der Waals surface area contributed by atoms with Gasteiger partial charge in [-0.25, -0.2) is 0 Å². The van der Waals surface area contributed by atoms with Crippen molar-refractivity contribution >= 4 is 5.91 Å². The zero-order valence-electron chi connectivity index (χ0n) is 9.46. The van der Waals surface area contributed by atoms with E-state index in [2.05, 4.69) is 22.6 Å². The van der Waals surface area contributed by atoms with Gasteiger partial charge in [0, 0.05) is 26.2 Å². The molecule has 0 aliphatic carbocycles. The SMILES string of the molecule is CN1CCCC(CNC(=O)C2CNC2)C1. The third kappa shape index (κ3) is 2.92. The van der Waals surface area contributed by atoms with E-state index < -0.39 is 0 Å². The summed E-state index contributed by atoms with van der Waals surface area (Å²) in [5.74, 6) is 1.12. The Bertz CT molecular complexity index is 228. The first-order chi connectivity index (χ1) is 7.25. The maximum absolute atomic E-state index is 11.6. The molecule has 4 nitrogen and oxygen atoms in total. The summed E-state index contributed by atoms with van der Waals surface area (Å²) < 4.78 is 0. The third-order valence-corrected chi connectivity index (χ3v) is 3.44. The van der Waals surface area contributed by atoms with Crippen LogP contribution in [0.5, 0.6) is 0 Å². The zero-order valence-corrected chi connectivity index (χ0v) is 9.46. The summed E-state index contributed by atoms with van der Waals surface area (Å²) in [7, 11) is 2.16. The molecule has 2 aliphatic heterocycles. The van der Waals surface area contributed by atoms with E-state index in [1.807, 2.05) is 0 Å². The number of hydrogen-bond acceptors (Lipinski definition) is 3. The number of likely N-dealkylation sites (tertiary alicyclic amines) is 1. The van der Waals surface area contributed by atoms with Gasteiger partial charge in [-0.15, -0.1) is 0 Å². The van der Waals surface area contributed by atoms with Gasteiger partial charge in [-0.3, -0.25) is 4.79 Å². The second-order valence-corrected chi connectivity index (χ2v) is 4.87. The lowest BCUT2D eigenvalue weighted by Crippen LogP contribution is -2.52. The molecule has 0 saturated carbocycles. The van der Waals surface area contributed by atoms with Crippen molar-refractivity contribution in [1.82, 2.24) is 15.5 Å². The molecule has 1 amide bonds. The van der Waals surface area contributed by atoms with Gasteiger partial charge >= 0.3 is 0 Å². The number of hydrogen-bond donors (Lipinski definition) is 2. The van der Waals surface area contributed by atoms with E-state index in [0.29, 0.717) is 5.92 Å². The second-order valence-electron chi connectivity index (χ2n) is 4.87. The molecule has 86 valence electrons. The van der Waals surface area contributed by atoms with Crippen molar-refractivity contribution in [2.24, 2.45) is 11.8 Å². The van der Waals surface area contributed by atoms with Gasteiger partial charge in [0.25, 0.3) is 0 Å². The number of amides is 1. The Morgan fingerprint density at radius 1 is 1.53 bits per heavy atom. The standard InChI is InChI=1S/C11H21N3O/c1-14-4-2-3-9(8-14)5-13-11(15)10-6-12-7-10/h9-10,12H,2-8H2,1H3,(H,13,15). The van der Waals surface area contributed by atoms with Crippen molar-refractivity contribution in [3.63, 3.8) is 0 Å². The molecule has 4 heteroatoms. The summed E-state index contributed by atoms with van der Waals surface area (Å²) in [5, 5.41) is 6.19. The minimum absolute atomic E-state index is 0.228. The fourth-order valence-electron chi connectivity index (χ4n) is 2.30. The van der Waals surface area contributed by atoms with Crippen LogP contribution in [0.15, 0.2) is 0 Å². The number of carbonyl (C=O) groups excluding carboxylic acids is 1. The van der Waals surface area contributed by atoms with Gasteiger partial charge < -0.3 is 15.5 Å². The normalized spacial score (nSPS) is 28.5. The monoisotopic (exact) mass is 211 g/mol. The smallest absolute Gasteiger partial charge is 0.225 e. The summed E-state index contributed by atoms with van der Waals surface area (Å²) in [6.07, 6.45) is 2.52. The van der Waals surface area contributed by atoms with E-state index in [4.69, 9.17) is 0 Å². The largest absolute Gasteiger partial charge is 0.355 e. The number of nitrogens with zero attached hydrogens (tertiary/aromatic N) is 1. The highest BCUT2D eigenvalue weighted by atomic mass is 16.2. The highest BCUT2D eigenvalue weighted by Crippen LogP contribution is 2.14. The first-order valence-electron chi connectivity index (χ1n) is 5.92. The molecule has 2 N–H and O–H groups in total. The van der Waals surface area contributed by atoms with Gasteiger partial charge in [0.1, 0.15) is 0 Å². The van der Waals surface area contributed by atoms with Crippen LogP contribution < -0.4 is 10.6 Å². The van der Waals surface area contributed by atoms with Crippen molar-refractivity contribution in [3.05, 3.63) is 0 Å². The molecular weight excluding hydrogens is 190 g/mol. The molecule has 0 spiro atoms. The molecule has 0 aromatic rings. The number of carbonyl (C=O) groups is 1. The highest BCUT2D eigenvalue weighted by Gasteiger charge is 2.25. The number of nitrogens with one attached hydrogen (secondary N) is 2. The maximum Gasteiger partial charge on any atom is 0.225 e. The Morgan fingerprint density at radius 3 is 2.93 bits per heavy atom. The average molecular weight is 211 g/mol. The van der Waals surface area contributed by atoms with Crippen LogP contribution in [0, 0.1) is 11.8 Å². The highest BCUT2D eigenvalue weighted by molar-refractivity contribution is 5.79. The predicted molar refractivity (Wildman–Crippen MR) is 59.6 cm³/mol. The van der Waals surface area contributed by atoms with E-state index in [1.54, 1.807) is 0 Å². The molecule has 0 radical (unpaired) electrons. The van der Waals surface area contributed by atoms with Gasteiger partial charge in [-0.1, -0.05) is 0 Å². The van der Waals surface area contributed by atoms with Gasteiger partial charge in [-0.2, -0.15) is 0 Å². The zero-order chi connectivity index (χ0) is 10.7. The van der Waals surface area contributed by atoms with E-state index in [0.717, 1.165) is 26.2 Å². The minimum Gasteiger partial charge on any atom is -0.355 e. The Kier molecular flexibility index (Phi) is 3.59. The summed E-state index contributed by atoms with van der Waals surface area (Å²) in [6, 6.07) is 0. The maximum atomic E-state index is 11.6. The first-order valence-corrected chi connectivity index (χ1v) is 5.92. The van der Waals surface area contributed by atoms with Crippen LogP contribution in [0.3, 0.4) is 0 Å². The van der Waals surface area contributed by atoms with Gasteiger partial charge in [0.15, 0.2) is 0 Å². The lowest BCUT2D eigenvalue weighted by Gasteiger charge is -2.31. The fraction of sp³-hybridized carbons (Fsp3) is 0.909. The van der Waals surface area contributed by atoms with Crippen LogP contribution in [0.25, 0.3) is 0 Å². The molecule has 15 heavy (non-hydrogen) atoms. The molecule has 0 aromatic carbocycles. The van der Waals surface area contributed by atoms with E-state index in [9.17, 15) is 4.79 Å². The van der Waals surface area contributed by atoms with Crippen molar-refractivity contribution in [2.75, 3.05) is 39.8 Å². The molecule has 0 aromatic heterocycles. The first kappa shape index (κ1) is 10.9. The lowest BCUT2D eigenvalue weighted by molar-refractivity contribution is -0.126. The van der Waals surface area contributed by atoms with Crippen LogP contribution in [0.1, 0.15) is 12.8 Å². The molecule has 2 rings (SSSR count). The number of rotatable bonds is 3. The molecule has 0 bridgehead atoms. The lowest BCUT2D eigenvalue weighted by atomic mass is 9.97. The van der Waals surface area contributed by atoms with Crippen molar-refractivity contribution in [1.29, 1.82) is 0 Å². The molecule has 2 saturated heterocycles. The number of piperidine rings is 1. The van der Waals surface area contributed by atoms with Crippen molar-refractivity contribution in [2.45, 2.75) is 12.8 Å². The molecular formula is C11H21N3O. The van der Waals surface area contributed by atoms with Crippen LogP contribution in [-0.4, -0.2) is 50.6 Å². The summed E-state index contributed by atoms with van der Waals surface area (Å²) in [6.45, 7) is 4.91. The van der Waals surface area contributed by atoms with Crippen LogP contribution in [0.4, 0.5) is 0 Å². The van der Waals surface area contributed by atoms with Crippen molar-refractivity contribution in [3.8, 4) is 0 Å². The molecule has 2 heterocycles. The Balaban J connectivity index is 1.65.